The van der Waals surface area contributed by atoms with Crippen LogP contribution in [0.5, 0.6) is 11.5 Å². The lowest BCUT2D eigenvalue weighted by Crippen LogP contribution is -2.30. The van der Waals surface area contributed by atoms with Crippen LogP contribution in [0.25, 0.3) is 0 Å². The zero-order valence-electron chi connectivity index (χ0n) is 15.8. The van der Waals surface area contributed by atoms with E-state index >= 15 is 0 Å². The van der Waals surface area contributed by atoms with E-state index in [4.69, 9.17) is 9.47 Å². The fourth-order valence-corrected chi connectivity index (χ4v) is 2.53. The van der Waals surface area contributed by atoms with Crippen LogP contribution in [0.4, 0.5) is 5.69 Å². The fraction of sp³-hybridized carbons (Fsp3) is 0.0909. The predicted molar refractivity (Wildman–Crippen MR) is 108 cm³/mol. The van der Waals surface area contributed by atoms with Crippen molar-refractivity contribution in [3.05, 3.63) is 100 Å². The number of ether oxygens (including phenoxy) is 2. The van der Waals surface area contributed by atoms with Gasteiger partial charge in [-0.15, -0.1) is 0 Å². The molecule has 152 valence electrons. The molecule has 30 heavy (non-hydrogen) atoms. The number of carbonyl (C=O) groups is 2. The highest BCUT2D eigenvalue weighted by atomic mass is 16.6. The molecule has 0 aliphatic heterocycles. The van der Waals surface area contributed by atoms with E-state index in [1.807, 2.05) is 30.3 Å². The molecule has 3 aromatic rings. The predicted octanol–water partition coefficient (Wildman–Crippen LogP) is 3.86. The largest absolute Gasteiger partial charge is 0.459 e. The molecule has 0 saturated carbocycles. The number of hydrogen-bond acceptors (Lipinski definition) is 6. The standard InChI is InChI=1S/C22H18N2O6/c25-21(29-15-16-5-4-6-18(13-16)24(27)28)14-23-22(26)17-9-11-20(12-10-17)30-19-7-2-1-3-8-19/h1-13H,14-15H2,(H,23,26). The Balaban J connectivity index is 1.46. The van der Waals surface area contributed by atoms with Gasteiger partial charge in [0.1, 0.15) is 24.7 Å². The molecule has 0 saturated heterocycles. The van der Waals surface area contributed by atoms with E-state index in [2.05, 4.69) is 5.32 Å². The Bertz CT molecular complexity index is 1040. The Labute approximate surface area is 172 Å². The van der Waals surface area contributed by atoms with Crippen molar-refractivity contribution < 1.29 is 24.0 Å². The van der Waals surface area contributed by atoms with Gasteiger partial charge in [0, 0.05) is 17.7 Å². The molecule has 1 amide bonds. The molecule has 0 aliphatic carbocycles. The van der Waals surface area contributed by atoms with Gasteiger partial charge in [-0.25, -0.2) is 0 Å². The number of non-ortho nitro benzene ring substituents is 1. The number of nitro benzene ring substituents is 1. The van der Waals surface area contributed by atoms with Crippen molar-refractivity contribution in [2.24, 2.45) is 0 Å². The summed E-state index contributed by atoms with van der Waals surface area (Å²) in [5.74, 6) is 0.169. The molecule has 8 nitrogen and oxygen atoms in total. The number of hydrogen-bond donors (Lipinski definition) is 1. The monoisotopic (exact) mass is 406 g/mol. The van der Waals surface area contributed by atoms with Crippen LogP contribution in [0.1, 0.15) is 15.9 Å². The number of esters is 1. The highest BCUT2D eigenvalue weighted by Crippen LogP contribution is 2.21. The summed E-state index contributed by atoms with van der Waals surface area (Å²) in [6, 6.07) is 21.5. The quantitative estimate of drug-likeness (QED) is 0.346. The summed E-state index contributed by atoms with van der Waals surface area (Å²) < 4.78 is 10.7. The minimum Gasteiger partial charge on any atom is -0.459 e. The van der Waals surface area contributed by atoms with E-state index in [0.29, 0.717) is 22.6 Å². The molecule has 3 rings (SSSR count). The lowest BCUT2D eigenvalue weighted by molar-refractivity contribution is -0.384. The summed E-state index contributed by atoms with van der Waals surface area (Å²) in [6.07, 6.45) is 0. The van der Waals surface area contributed by atoms with Crippen molar-refractivity contribution >= 4 is 17.6 Å². The van der Waals surface area contributed by atoms with Gasteiger partial charge >= 0.3 is 5.97 Å². The maximum absolute atomic E-state index is 12.2. The number of nitrogens with one attached hydrogen (secondary N) is 1. The lowest BCUT2D eigenvalue weighted by atomic mass is 10.2. The molecule has 0 spiro atoms. The molecule has 0 aromatic heterocycles. The van der Waals surface area contributed by atoms with Crippen molar-refractivity contribution in [3.63, 3.8) is 0 Å². The lowest BCUT2D eigenvalue weighted by Gasteiger charge is -2.08. The highest BCUT2D eigenvalue weighted by Gasteiger charge is 2.11. The SMILES string of the molecule is O=C(CNC(=O)c1ccc(Oc2ccccc2)cc1)OCc1cccc([N+](=O)[O-])c1. The van der Waals surface area contributed by atoms with Crippen LogP contribution in [0.3, 0.4) is 0 Å². The van der Waals surface area contributed by atoms with E-state index in [0.717, 1.165) is 0 Å². The molecule has 0 atom stereocenters. The second-order valence-electron chi connectivity index (χ2n) is 6.21. The average molecular weight is 406 g/mol. The van der Waals surface area contributed by atoms with Crippen molar-refractivity contribution in [1.82, 2.24) is 5.32 Å². The van der Waals surface area contributed by atoms with Crippen LogP contribution in [-0.2, 0) is 16.1 Å². The highest BCUT2D eigenvalue weighted by molar-refractivity contribution is 5.96. The van der Waals surface area contributed by atoms with Crippen LogP contribution >= 0.6 is 0 Å². The average Bonchev–Trinajstić information content (AvgIpc) is 2.77. The maximum atomic E-state index is 12.2. The van der Waals surface area contributed by atoms with Crippen molar-refractivity contribution in [2.75, 3.05) is 6.54 Å². The molecule has 1 N–H and O–H groups in total. The smallest absolute Gasteiger partial charge is 0.325 e. The van der Waals surface area contributed by atoms with Gasteiger partial charge in [-0.2, -0.15) is 0 Å². The molecule has 0 bridgehead atoms. The van der Waals surface area contributed by atoms with E-state index < -0.39 is 16.8 Å². The number of rotatable bonds is 8. The van der Waals surface area contributed by atoms with Gasteiger partial charge in [0.05, 0.1) is 4.92 Å². The van der Waals surface area contributed by atoms with Crippen LogP contribution in [0.15, 0.2) is 78.9 Å². The molecular weight excluding hydrogens is 388 g/mol. The molecule has 0 unspecified atom stereocenters. The van der Waals surface area contributed by atoms with Gasteiger partial charge in [0.2, 0.25) is 0 Å². The van der Waals surface area contributed by atoms with Crippen LogP contribution < -0.4 is 10.1 Å². The number of para-hydroxylation sites is 1. The molecule has 3 aromatic carbocycles. The Morgan fingerprint density at radius 2 is 1.60 bits per heavy atom. The van der Waals surface area contributed by atoms with Crippen LogP contribution in [-0.4, -0.2) is 23.3 Å². The number of amides is 1. The maximum Gasteiger partial charge on any atom is 0.325 e. The number of nitro groups is 1. The minimum atomic E-state index is -0.654. The zero-order valence-corrected chi connectivity index (χ0v) is 15.8. The van der Waals surface area contributed by atoms with Crippen LogP contribution in [0, 0.1) is 10.1 Å². The minimum absolute atomic E-state index is 0.0865. The zero-order chi connectivity index (χ0) is 21.3. The summed E-state index contributed by atoms with van der Waals surface area (Å²) >= 11 is 0. The van der Waals surface area contributed by atoms with E-state index in [9.17, 15) is 19.7 Å². The van der Waals surface area contributed by atoms with Gasteiger partial charge < -0.3 is 14.8 Å². The summed E-state index contributed by atoms with van der Waals surface area (Å²) in [6.45, 7) is -0.446. The van der Waals surface area contributed by atoms with Crippen LogP contribution in [0.2, 0.25) is 0 Å². The summed E-state index contributed by atoms with van der Waals surface area (Å²) in [7, 11) is 0. The molecule has 0 heterocycles. The van der Waals surface area contributed by atoms with Gasteiger partial charge in [0.15, 0.2) is 0 Å². The van der Waals surface area contributed by atoms with Gasteiger partial charge in [-0.3, -0.25) is 19.7 Å². The fourth-order valence-electron chi connectivity index (χ4n) is 2.53. The van der Waals surface area contributed by atoms with Crippen molar-refractivity contribution in [3.8, 4) is 11.5 Å². The third kappa shape index (κ3) is 5.90. The second kappa shape index (κ2) is 9.83. The first kappa shape index (κ1) is 20.5. The Kier molecular flexibility index (Phi) is 6.73. The summed E-state index contributed by atoms with van der Waals surface area (Å²) in [5.41, 5.74) is 0.760. The number of carbonyl (C=O) groups excluding carboxylic acids is 2. The van der Waals surface area contributed by atoms with E-state index in [1.54, 1.807) is 30.3 Å². The van der Waals surface area contributed by atoms with Gasteiger partial charge in [-0.1, -0.05) is 30.3 Å². The van der Waals surface area contributed by atoms with E-state index in [1.165, 1.54) is 18.2 Å². The molecule has 0 aliphatic rings. The van der Waals surface area contributed by atoms with Crippen molar-refractivity contribution in [2.45, 2.75) is 6.61 Å². The molecular formula is C22H18N2O6. The Morgan fingerprint density at radius 1 is 0.900 bits per heavy atom. The first-order valence-electron chi connectivity index (χ1n) is 9.01. The first-order chi connectivity index (χ1) is 14.5. The third-order valence-corrected chi connectivity index (χ3v) is 4.01. The Hall–Kier alpha value is -4.20. The van der Waals surface area contributed by atoms with Gasteiger partial charge in [0.25, 0.3) is 11.6 Å². The topological polar surface area (TPSA) is 108 Å². The normalized spacial score (nSPS) is 10.1. The molecule has 8 heteroatoms. The number of nitrogens with zero attached hydrogens (tertiary/aromatic N) is 1. The van der Waals surface area contributed by atoms with E-state index in [-0.39, 0.29) is 18.8 Å². The first-order valence-corrected chi connectivity index (χ1v) is 9.01. The van der Waals surface area contributed by atoms with Crippen molar-refractivity contribution in [1.29, 1.82) is 0 Å². The molecule has 0 radical (unpaired) electrons. The summed E-state index contributed by atoms with van der Waals surface area (Å²) in [5, 5.41) is 13.2. The number of benzene rings is 3. The van der Waals surface area contributed by atoms with Gasteiger partial charge in [-0.05, 0) is 42.0 Å². The second-order valence-corrected chi connectivity index (χ2v) is 6.21. The third-order valence-electron chi connectivity index (χ3n) is 4.01. The Morgan fingerprint density at radius 3 is 2.30 bits per heavy atom. The summed E-state index contributed by atoms with van der Waals surface area (Å²) in [4.78, 5) is 34.2. The molecule has 0 fully saturated rings.